The summed E-state index contributed by atoms with van der Waals surface area (Å²) in [5, 5.41) is 11.7. The summed E-state index contributed by atoms with van der Waals surface area (Å²) in [4.78, 5) is 26.7. The first-order valence-corrected chi connectivity index (χ1v) is 9.49. The van der Waals surface area contributed by atoms with Gasteiger partial charge in [0.05, 0.1) is 11.0 Å². The maximum Gasteiger partial charge on any atom is 0.291 e. The van der Waals surface area contributed by atoms with E-state index in [1.807, 2.05) is 24.3 Å². The van der Waals surface area contributed by atoms with Crippen molar-refractivity contribution in [3.05, 3.63) is 68.2 Å². The Morgan fingerprint density at radius 2 is 1.75 bits per heavy atom. The highest BCUT2D eigenvalue weighted by Gasteiger charge is 2.22. The van der Waals surface area contributed by atoms with Crippen molar-refractivity contribution in [2.45, 2.75) is 6.54 Å². The highest BCUT2D eigenvalue weighted by Crippen LogP contribution is 2.28. The van der Waals surface area contributed by atoms with E-state index in [-0.39, 0.29) is 29.0 Å². The zero-order chi connectivity index (χ0) is 20.1. The number of nitrogens with zero attached hydrogens (tertiary/aromatic N) is 3. The molecule has 1 fully saturated rings. The van der Waals surface area contributed by atoms with Crippen molar-refractivity contribution < 1.29 is 14.5 Å². The van der Waals surface area contributed by atoms with Gasteiger partial charge in [-0.2, -0.15) is 0 Å². The summed E-state index contributed by atoms with van der Waals surface area (Å²) < 4.78 is 5.42. The van der Waals surface area contributed by atoms with Crippen LogP contribution in [-0.4, -0.2) is 53.4 Å². The molecule has 0 atom stereocenters. The molecule has 0 N–H and O–H groups in total. The number of hydrogen-bond donors (Lipinski definition) is 0. The lowest BCUT2D eigenvalue weighted by atomic mass is 10.2. The minimum absolute atomic E-state index is 0.0282. The lowest BCUT2D eigenvalue weighted by Crippen LogP contribution is -2.49. The number of amides is 1. The third-order valence-corrected chi connectivity index (χ3v) is 5.09. The number of halogens is 2. The number of nitro benzene ring substituents is 1. The van der Waals surface area contributed by atoms with Crippen LogP contribution in [0.25, 0.3) is 0 Å². The maximum atomic E-state index is 12.4. The van der Waals surface area contributed by atoms with Crippen molar-refractivity contribution in [1.29, 1.82) is 0 Å². The lowest BCUT2D eigenvalue weighted by Gasteiger charge is -2.34. The molecule has 2 aromatic rings. The van der Waals surface area contributed by atoms with Crippen LogP contribution in [0.5, 0.6) is 5.75 Å². The van der Waals surface area contributed by atoms with Crippen molar-refractivity contribution in [3.63, 3.8) is 0 Å². The molecule has 7 nitrogen and oxygen atoms in total. The average molecular weight is 424 g/mol. The fourth-order valence-corrected chi connectivity index (χ4v) is 3.27. The quantitative estimate of drug-likeness (QED) is 0.523. The van der Waals surface area contributed by atoms with Gasteiger partial charge >= 0.3 is 0 Å². The van der Waals surface area contributed by atoms with Gasteiger partial charge in [0.25, 0.3) is 11.6 Å². The highest BCUT2D eigenvalue weighted by atomic mass is 35.5. The molecule has 0 unspecified atom stereocenters. The molecule has 28 heavy (non-hydrogen) atoms. The predicted octanol–water partition coefficient (Wildman–Crippen LogP) is 3.62. The number of ether oxygens (including phenoxy) is 1. The number of carbonyl (C=O) groups is 1. The van der Waals surface area contributed by atoms with Gasteiger partial charge in [0, 0.05) is 37.7 Å². The largest absolute Gasteiger partial charge is 0.484 e. The van der Waals surface area contributed by atoms with E-state index in [1.54, 1.807) is 4.90 Å². The molecule has 1 aliphatic rings. The summed E-state index contributed by atoms with van der Waals surface area (Å²) in [6.45, 7) is 3.38. The molecule has 0 saturated carbocycles. The van der Waals surface area contributed by atoms with Crippen LogP contribution < -0.4 is 4.74 Å². The maximum absolute atomic E-state index is 12.4. The van der Waals surface area contributed by atoms with Gasteiger partial charge in [-0.15, -0.1) is 0 Å². The average Bonchev–Trinajstić information content (AvgIpc) is 2.69. The van der Waals surface area contributed by atoms with Gasteiger partial charge in [-0.1, -0.05) is 35.3 Å². The van der Waals surface area contributed by atoms with Crippen LogP contribution in [0.3, 0.4) is 0 Å². The summed E-state index contributed by atoms with van der Waals surface area (Å²) in [6.07, 6.45) is 0. The van der Waals surface area contributed by atoms with Gasteiger partial charge in [-0.25, -0.2) is 0 Å². The first-order chi connectivity index (χ1) is 13.4. The Hall–Kier alpha value is -2.35. The molecule has 0 aromatic heterocycles. The Labute approximate surface area is 172 Å². The lowest BCUT2D eigenvalue weighted by molar-refractivity contribution is -0.384. The molecule has 0 radical (unpaired) electrons. The molecule has 9 heteroatoms. The zero-order valence-electron chi connectivity index (χ0n) is 15.0. The molecule has 0 aliphatic carbocycles. The second-order valence-electron chi connectivity index (χ2n) is 6.44. The second kappa shape index (κ2) is 9.23. The molecule has 1 amide bonds. The molecular weight excluding hydrogens is 405 g/mol. The molecule has 3 rings (SSSR count). The van der Waals surface area contributed by atoms with Gasteiger partial charge in [-0.05, 0) is 29.8 Å². The van der Waals surface area contributed by atoms with Crippen LogP contribution in [0.4, 0.5) is 5.69 Å². The first kappa shape index (κ1) is 20.4. The Morgan fingerprint density at radius 3 is 2.39 bits per heavy atom. The van der Waals surface area contributed by atoms with Crippen LogP contribution >= 0.6 is 23.2 Å². The van der Waals surface area contributed by atoms with E-state index in [2.05, 4.69) is 4.90 Å². The molecular formula is C19H19Cl2N3O4. The number of nitro groups is 1. The van der Waals surface area contributed by atoms with Crippen LogP contribution in [0.2, 0.25) is 10.0 Å². The second-order valence-corrected chi connectivity index (χ2v) is 7.29. The third-order valence-electron chi connectivity index (χ3n) is 4.52. The number of rotatable bonds is 6. The standard InChI is InChI=1S/C19H19Cl2N3O4/c20-15-3-1-14(2-4-15)12-22-7-9-23(10-8-22)19(25)13-28-16-5-6-17(21)18(11-16)24(26)27/h1-6,11H,7-10,12-13H2. The van der Waals surface area contributed by atoms with Gasteiger partial charge < -0.3 is 9.64 Å². The Morgan fingerprint density at radius 1 is 1.07 bits per heavy atom. The number of benzene rings is 2. The molecule has 148 valence electrons. The van der Waals surface area contributed by atoms with Gasteiger partial charge in [0.15, 0.2) is 6.61 Å². The molecule has 1 aliphatic heterocycles. The van der Waals surface area contributed by atoms with Gasteiger partial charge in [0.2, 0.25) is 0 Å². The molecule has 1 heterocycles. The molecule has 0 spiro atoms. The third kappa shape index (κ3) is 5.34. The van der Waals surface area contributed by atoms with E-state index in [0.29, 0.717) is 18.1 Å². The minimum Gasteiger partial charge on any atom is -0.484 e. The summed E-state index contributed by atoms with van der Waals surface area (Å²) in [5.74, 6) is 0.0922. The fraction of sp³-hybridized carbons (Fsp3) is 0.316. The smallest absolute Gasteiger partial charge is 0.291 e. The van der Waals surface area contributed by atoms with Gasteiger partial charge in [0.1, 0.15) is 10.8 Å². The Bertz CT molecular complexity index is 853. The van der Waals surface area contributed by atoms with Crippen LogP contribution in [-0.2, 0) is 11.3 Å². The topological polar surface area (TPSA) is 75.9 Å². The first-order valence-electron chi connectivity index (χ1n) is 8.73. The van der Waals surface area contributed by atoms with Crippen LogP contribution in [0.15, 0.2) is 42.5 Å². The molecule has 1 saturated heterocycles. The minimum atomic E-state index is -0.586. The number of piperazine rings is 1. The van der Waals surface area contributed by atoms with E-state index in [9.17, 15) is 14.9 Å². The molecule has 0 bridgehead atoms. The van der Waals surface area contributed by atoms with Crippen LogP contribution in [0.1, 0.15) is 5.56 Å². The molecule has 2 aromatic carbocycles. The van der Waals surface area contributed by atoms with Crippen molar-refractivity contribution in [3.8, 4) is 5.75 Å². The summed E-state index contributed by atoms with van der Waals surface area (Å²) in [6, 6.07) is 11.9. The van der Waals surface area contributed by atoms with Crippen molar-refractivity contribution in [1.82, 2.24) is 9.80 Å². The van der Waals surface area contributed by atoms with E-state index in [1.165, 1.54) is 23.8 Å². The Kier molecular flexibility index (Phi) is 6.72. The monoisotopic (exact) mass is 423 g/mol. The predicted molar refractivity (Wildman–Crippen MR) is 107 cm³/mol. The van der Waals surface area contributed by atoms with E-state index < -0.39 is 4.92 Å². The van der Waals surface area contributed by atoms with Crippen molar-refractivity contribution >= 4 is 34.8 Å². The van der Waals surface area contributed by atoms with Crippen molar-refractivity contribution in [2.75, 3.05) is 32.8 Å². The fourth-order valence-electron chi connectivity index (χ4n) is 2.96. The zero-order valence-corrected chi connectivity index (χ0v) is 16.5. The number of hydrogen-bond acceptors (Lipinski definition) is 5. The van der Waals surface area contributed by atoms with Crippen LogP contribution in [0, 0.1) is 10.1 Å². The summed E-state index contributed by atoms with van der Waals surface area (Å²) in [5.41, 5.74) is 0.930. The number of carbonyl (C=O) groups excluding carboxylic acids is 1. The Balaban J connectivity index is 1.47. The van der Waals surface area contributed by atoms with E-state index in [0.717, 1.165) is 19.6 Å². The highest BCUT2D eigenvalue weighted by molar-refractivity contribution is 6.32. The summed E-state index contributed by atoms with van der Waals surface area (Å²) >= 11 is 11.7. The SMILES string of the molecule is O=C(COc1ccc(Cl)c([N+](=O)[O-])c1)N1CCN(Cc2ccc(Cl)cc2)CC1. The van der Waals surface area contributed by atoms with E-state index >= 15 is 0 Å². The van der Waals surface area contributed by atoms with E-state index in [4.69, 9.17) is 27.9 Å². The van der Waals surface area contributed by atoms with Crippen molar-refractivity contribution in [2.24, 2.45) is 0 Å². The normalized spacial score (nSPS) is 14.7. The summed E-state index contributed by atoms with van der Waals surface area (Å²) in [7, 11) is 0. The van der Waals surface area contributed by atoms with Gasteiger partial charge in [-0.3, -0.25) is 19.8 Å².